The van der Waals surface area contributed by atoms with Crippen LogP contribution in [0, 0.1) is 0 Å². The van der Waals surface area contributed by atoms with E-state index >= 15 is 0 Å². The van der Waals surface area contributed by atoms with Crippen molar-refractivity contribution in [2.24, 2.45) is 0 Å². The van der Waals surface area contributed by atoms with Crippen molar-refractivity contribution in [2.45, 2.75) is 24.2 Å². The Bertz CT molecular complexity index is 692. The summed E-state index contributed by atoms with van der Waals surface area (Å²) in [6, 6.07) is 2.57. The third-order valence-corrected chi connectivity index (χ3v) is 2.49. The summed E-state index contributed by atoms with van der Waals surface area (Å²) >= 11 is 0. The number of carbonyl (C=O) groups is 2. The monoisotopic (exact) mass is 402 g/mol. The molecule has 0 bridgehead atoms. The lowest BCUT2D eigenvalue weighted by atomic mass is 10.1. The lowest BCUT2D eigenvalue weighted by molar-refractivity contribution is -0.346. The minimum absolute atomic E-state index is 0.415. The second-order valence-corrected chi connectivity index (χ2v) is 4.37. The van der Waals surface area contributed by atoms with E-state index in [4.69, 9.17) is 0 Å². The highest BCUT2D eigenvalue weighted by Crippen LogP contribution is 2.47. The molecule has 1 aromatic carbocycles. The fourth-order valence-electron chi connectivity index (χ4n) is 1.25. The Morgan fingerprint density at radius 3 is 1.42 bits per heavy atom. The summed E-state index contributed by atoms with van der Waals surface area (Å²) in [5.41, 5.74) is 0. The lowest BCUT2D eigenvalue weighted by Gasteiger charge is -2.26. The molecule has 0 atom stereocenters. The molecular weight excluding hydrogens is 398 g/mol. The molecule has 4 nitrogen and oxygen atoms in total. The number of para-hydroxylation sites is 2. The maximum atomic E-state index is 13.1. The molecule has 1 rings (SSSR count). The van der Waals surface area contributed by atoms with E-state index in [1.807, 2.05) is 0 Å². The van der Waals surface area contributed by atoms with Crippen LogP contribution in [0.25, 0.3) is 0 Å². The van der Waals surface area contributed by atoms with Crippen LogP contribution < -0.4 is 9.47 Å². The molecule has 0 aliphatic rings. The Labute approximate surface area is 136 Å². The summed E-state index contributed by atoms with van der Waals surface area (Å²) in [4.78, 5) is 21.7. The molecule has 0 saturated heterocycles. The normalized spacial score (nSPS) is 13.3. The predicted molar refractivity (Wildman–Crippen MR) is 59.7 cm³/mol. The van der Waals surface area contributed by atoms with Crippen LogP contribution in [0.4, 0.5) is 43.9 Å². The summed E-state index contributed by atoms with van der Waals surface area (Å²) < 4.78 is 131. The first-order valence-corrected chi connectivity index (χ1v) is 5.94. The van der Waals surface area contributed by atoms with Crippen molar-refractivity contribution in [1.29, 1.82) is 0 Å². The summed E-state index contributed by atoms with van der Waals surface area (Å²) in [6.45, 7) is 0. The second-order valence-electron chi connectivity index (χ2n) is 4.37. The maximum Gasteiger partial charge on any atom is 0.491 e. The molecule has 0 saturated carbocycles. The van der Waals surface area contributed by atoms with Gasteiger partial charge in [-0.1, -0.05) is 12.1 Å². The molecule has 0 spiro atoms. The number of hydrogen-bond acceptors (Lipinski definition) is 4. The van der Waals surface area contributed by atoms with Gasteiger partial charge in [-0.15, -0.1) is 0 Å². The van der Waals surface area contributed by atoms with Crippen LogP contribution in [0.3, 0.4) is 0 Å². The van der Waals surface area contributed by atoms with Crippen molar-refractivity contribution >= 4 is 11.9 Å². The minimum atomic E-state index is -6.84. The average molecular weight is 402 g/mol. The quantitative estimate of drug-likeness (QED) is 0.436. The van der Waals surface area contributed by atoms with Crippen LogP contribution >= 0.6 is 0 Å². The highest BCUT2D eigenvalue weighted by molar-refractivity contribution is 5.83. The van der Waals surface area contributed by atoms with Crippen LogP contribution in [0.2, 0.25) is 0 Å². The van der Waals surface area contributed by atoms with Gasteiger partial charge in [-0.05, 0) is 12.1 Å². The zero-order chi connectivity index (χ0) is 20.6. The summed E-state index contributed by atoms with van der Waals surface area (Å²) in [5.74, 6) is -22.3. The van der Waals surface area contributed by atoms with E-state index in [9.17, 15) is 53.5 Å². The first kappa shape index (κ1) is 21.5. The number of ether oxygens (including phenoxy) is 2. The molecule has 0 radical (unpaired) electrons. The van der Waals surface area contributed by atoms with Crippen LogP contribution in [-0.4, -0.2) is 36.1 Å². The molecule has 146 valence electrons. The Morgan fingerprint density at radius 1 is 0.692 bits per heavy atom. The van der Waals surface area contributed by atoms with Crippen molar-refractivity contribution in [1.82, 2.24) is 0 Å². The SMILES string of the molecule is O=C(Oc1ccccc1OC(=O)C(F)(F)C(F)(F)C(F)(F)F)C(F)(F)F. The molecule has 1 aromatic rings. The molecule has 14 heteroatoms. The van der Waals surface area contributed by atoms with Gasteiger partial charge in [0.25, 0.3) is 0 Å². The largest absolute Gasteiger partial charge is 0.491 e. The number of rotatable bonds is 4. The van der Waals surface area contributed by atoms with Crippen molar-refractivity contribution in [3.63, 3.8) is 0 Å². The fraction of sp³-hybridized carbons (Fsp3) is 0.333. The zero-order valence-corrected chi connectivity index (χ0v) is 11.7. The zero-order valence-electron chi connectivity index (χ0n) is 11.7. The summed E-state index contributed by atoms with van der Waals surface area (Å²) in [7, 11) is 0. The van der Waals surface area contributed by atoms with Crippen molar-refractivity contribution in [2.75, 3.05) is 0 Å². The minimum Gasteiger partial charge on any atom is -0.418 e. The van der Waals surface area contributed by atoms with E-state index in [2.05, 4.69) is 9.47 Å². The molecular formula is C12H4F10O4. The van der Waals surface area contributed by atoms with Crippen LogP contribution in [0.5, 0.6) is 11.5 Å². The highest BCUT2D eigenvalue weighted by atomic mass is 19.4. The van der Waals surface area contributed by atoms with Crippen LogP contribution in [0.15, 0.2) is 24.3 Å². The molecule has 0 N–H and O–H groups in total. The van der Waals surface area contributed by atoms with E-state index in [1.165, 1.54) is 0 Å². The average Bonchev–Trinajstić information content (AvgIpc) is 2.46. The van der Waals surface area contributed by atoms with Gasteiger partial charge in [0.15, 0.2) is 11.5 Å². The van der Waals surface area contributed by atoms with Gasteiger partial charge in [-0.2, -0.15) is 43.9 Å². The van der Waals surface area contributed by atoms with E-state index in [1.54, 1.807) is 0 Å². The number of alkyl halides is 10. The fourth-order valence-corrected chi connectivity index (χ4v) is 1.25. The van der Waals surface area contributed by atoms with E-state index < -0.39 is 47.6 Å². The number of halogens is 10. The molecule has 0 heterocycles. The molecule has 0 aromatic heterocycles. The highest BCUT2D eigenvalue weighted by Gasteiger charge is 2.77. The lowest BCUT2D eigenvalue weighted by Crippen LogP contribution is -2.57. The van der Waals surface area contributed by atoms with Gasteiger partial charge in [-0.3, -0.25) is 0 Å². The standard InChI is InChI=1S/C12H4F10O4/c13-9(14,11(18,19)12(20,21)22)7(23)25-5-3-1-2-4-6(5)26-8(24)10(15,16)17/h1-4H. The molecule has 0 aliphatic carbocycles. The third kappa shape index (κ3) is 4.16. The Kier molecular flexibility index (Phi) is 5.49. The predicted octanol–water partition coefficient (Wildman–Crippen LogP) is 3.89. The van der Waals surface area contributed by atoms with Gasteiger partial charge in [0.2, 0.25) is 0 Å². The Morgan fingerprint density at radius 2 is 1.08 bits per heavy atom. The molecule has 0 fully saturated rings. The van der Waals surface area contributed by atoms with E-state index in [0.717, 1.165) is 12.1 Å². The van der Waals surface area contributed by atoms with E-state index in [0.29, 0.717) is 12.1 Å². The van der Waals surface area contributed by atoms with Gasteiger partial charge in [0.05, 0.1) is 0 Å². The topological polar surface area (TPSA) is 52.6 Å². The second kappa shape index (κ2) is 6.64. The van der Waals surface area contributed by atoms with Gasteiger partial charge in [-0.25, -0.2) is 9.59 Å². The summed E-state index contributed by atoms with van der Waals surface area (Å²) in [5, 5.41) is 0. The number of hydrogen-bond donors (Lipinski definition) is 0. The third-order valence-electron chi connectivity index (χ3n) is 2.49. The molecule has 0 amide bonds. The van der Waals surface area contributed by atoms with Crippen molar-refractivity contribution in [3.8, 4) is 11.5 Å². The van der Waals surface area contributed by atoms with E-state index in [-0.39, 0.29) is 0 Å². The number of carbonyl (C=O) groups excluding carboxylic acids is 2. The van der Waals surface area contributed by atoms with Gasteiger partial charge in [0, 0.05) is 0 Å². The van der Waals surface area contributed by atoms with Crippen molar-refractivity contribution in [3.05, 3.63) is 24.3 Å². The van der Waals surface area contributed by atoms with Crippen LogP contribution in [0.1, 0.15) is 0 Å². The number of esters is 2. The smallest absolute Gasteiger partial charge is 0.418 e. The van der Waals surface area contributed by atoms with Gasteiger partial charge >= 0.3 is 36.1 Å². The van der Waals surface area contributed by atoms with Crippen LogP contribution in [-0.2, 0) is 9.59 Å². The first-order valence-electron chi connectivity index (χ1n) is 5.94. The Balaban J connectivity index is 3.13. The maximum absolute atomic E-state index is 13.1. The summed E-state index contributed by atoms with van der Waals surface area (Å²) in [6.07, 6.45) is -12.4. The first-order chi connectivity index (χ1) is 11.5. The molecule has 0 unspecified atom stereocenters. The Hall–Kier alpha value is -2.54. The van der Waals surface area contributed by atoms with Gasteiger partial charge < -0.3 is 9.47 Å². The molecule has 26 heavy (non-hydrogen) atoms. The van der Waals surface area contributed by atoms with Gasteiger partial charge in [0.1, 0.15) is 0 Å². The molecule has 0 aliphatic heterocycles. The number of benzene rings is 1. The van der Waals surface area contributed by atoms with Crippen molar-refractivity contribution < 1.29 is 63.0 Å².